The first-order chi connectivity index (χ1) is 41.8. The summed E-state index contributed by atoms with van der Waals surface area (Å²) in [5.74, 6) is 0. The molecule has 0 amide bonds. The molecule has 0 saturated heterocycles. The van der Waals surface area contributed by atoms with E-state index < -0.39 is 0 Å². The van der Waals surface area contributed by atoms with Crippen LogP contribution in [0.25, 0.3) is 66.4 Å². The SMILES string of the molecule is C/C=C\C(=C/C)c1ccc(N(c2ccc(-c3ccccc3)cc2)c2ccc(-c3ccc(N(c4ccc(-c5ccccc5)cc4)c4ccc(-c5ccccc5)cc4)cc3)cc2)cc1.C=C(C)c1ccc2ccccc2c1.C=C/C=C\CC.CC.CC. The molecule has 0 atom stereocenters. The smallest absolute Gasteiger partial charge is 0.0462 e. The first kappa shape index (κ1) is 62.6. The number of rotatable bonds is 15. The maximum atomic E-state index is 3.93. The first-order valence-electron chi connectivity index (χ1n) is 29.9. The predicted octanol–water partition coefficient (Wildman–Crippen LogP) is 25.3. The highest BCUT2D eigenvalue weighted by Crippen LogP contribution is 2.40. The molecular weight excluding hydrogens is 1020 g/mol. The van der Waals surface area contributed by atoms with Gasteiger partial charge < -0.3 is 9.80 Å². The summed E-state index contributed by atoms with van der Waals surface area (Å²) in [6.07, 6.45) is 13.3. The van der Waals surface area contributed by atoms with Gasteiger partial charge in [-0.25, -0.2) is 0 Å². The number of hydrogen-bond acceptors (Lipinski definition) is 2. The quantitative estimate of drug-likeness (QED) is 0.0944. The molecule has 424 valence electrons. The van der Waals surface area contributed by atoms with Gasteiger partial charge in [-0.2, -0.15) is 0 Å². The first-order valence-corrected chi connectivity index (χ1v) is 29.9. The molecule has 2 heteroatoms. The summed E-state index contributed by atoms with van der Waals surface area (Å²) >= 11 is 0. The van der Waals surface area contributed by atoms with Crippen LogP contribution in [0.4, 0.5) is 34.1 Å². The van der Waals surface area contributed by atoms with Crippen molar-refractivity contribution in [2.24, 2.45) is 0 Å². The zero-order valence-corrected chi connectivity index (χ0v) is 51.0. The lowest BCUT2D eigenvalue weighted by Gasteiger charge is -2.27. The number of fused-ring (bicyclic) bond motifs is 1. The number of hydrogen-bond donors (Lipinski definition) is 0. The Morgan fingerprint density at radius 3 is 0.941 bits per heavy atom. The van der Waals surface area contributed by atoms with Gasteiger partial charge in [0.2, 0.25) is 0 Å². The maximum Gasteiger partial charge on any atom is 0.0462 e. The molecule has 0 spiro atoms. The van der Waals surface area contributed by atoms with Crippen LogP contribution in [0.15, 0.2) is 329 Å². The van der Waals surface area contributed by atoms with Crippen molar-refractivity contribution in [1.29, 1.82) is 0 Å². The molecule has 0 aliphatic carbocycles. The molecule has 0 saturated carbocycles. The fourth-order valence-electron chi connectivity index (χ4n) is 9.83. The van der Waals surface area contributed by atoms with E-state index in [1.165, 1.54) is 60.9 Å². The lowest BCUT2D eigenvalue weighted by molar-refractivity contribution is 1.22. The second kappa shape index (κ2) is 33.2. The summed E-state index contributed by atoms with van der Waals surface area (Å²) < 4.78 is 0. The van der Waals surface area contributed by atoms with Gasteiger partial charge in [-0.3, -0.25) is 0 Å². The van der Waals surface area contributed by atoms with Crippen molar-refractivity contribution in [3.63, 3.8) is 0 Å². The molecule has 0 aromatic heterocycles. The number of allylic oxidation sites excluding steroid dienone is 8. The van der Waals surface area contributed by atoms with Gasteiger partial charge in [0.05, 0.1) is 0 Å². The normalized spacial score (nSPS) is 10.7. The molecule has 0 N–H and O–H groups in total. The highest BCUT2D eigenvalue weighted by atomic mass is 15.1. The molecule has 0 aliphatic rings. The average Bonchev–Trinajstić information content (AvgIpc) is 3.28. The van der Waals surface area contributed by atoms with Crippen molar-refractivity contribution in [1.82, 2.24) is 0 Å². The second-order valence-corrected chi connectivity index (χ2v) is 19.7. The molecule has 0 radical (unpaired) electrons. The van der Waals surface area contributed by atoms with E-state index in [2.05, 4.69) is 347 Å². The molecule has 0 unspecified atom stereocenters. The Hall–Kier alpha value is -10.0. The molecule has 0 fully saturated rings. The molecule has 11 aromatic rings. The monoisotopic (exact) mass is 1110 g/mol. The van der Waals surface area contributed by atoms with Gasteiger partial charge in [-0.15, -0.1) is 0 Å². The van der Waals surface area contributed by atoms with E-state index in [0.717, 1.165) is 57.2 Å². The molecule has 0 bridgehead atoms. The van der Waals surface area contributed by atoms with E-state index in [1.807, 2.05) is 40.7 Å². The van der Waals surface area contributed by atoms with Crippen molar-refractivity contribution < 1.29 is 0 Å². The van der Waals surface area contributed by atoms with Crippen LogP contribution in [0.5, 0.6) is 0 Å². The van der Waals surface area contributed by atoms with Gasteiger partial charge in [-0.05, 0) is 178 Å². The molecular formula is C83H82N2. The van der Waals surface area contributed by atoms with Crippen molar-refractivity contribution in [2.45, 2.75) is 61.8 Å². The standard InChI is InChI=1S/C60H48N2.C13H12.C6H10.2C2H6/c1-3-14-45(4-2)49-21-33-55(34-22-49)61(56-35-23-50(24-36-56)46-15-8-5-9-16-46)59-41-29-53(30-42-59)54-31-43-60(44-32-54)62(57-37-25-51(26-38-57)47-17-10-6-11-18-47)58-39-27-52(28-40-58)48-19-12-7-13-20-48;1-10(2)12-8-7-11-5-3-4-6-13(11)9-12;1-3-5-6-4-2;2*1-2/h3-44H,1-2H3;3-9H,1H2,2H3;3,5-6H,1,4H2,2H3;2*1-2H3/b14-3-,45-4+;;6-5-;;. The van der Waals surface area contributed by atoms with Gasteiger partial charge >= 0.3 is 0 Å². The van der Waals surface area contributed by atoms with Crippen LogP contribution >= 0.6 is 0 Å². The number of anilines is 6. The third kappa shape index (κ3) is 17.0. The van der Waals surface area contributed by atoms with E-state index in [1.54, 1.807) is 6.08 Å². The minimum atomic E-state index is 1.09. The zero-order chi connectivity index (χ0) is 60.2. The fraction of sp³-hybridized carbons (Fsp3) is 0.108. The van der Waals surface area contributed by atoms with Crippen LogP contribution in [0.1, 0.15) is 72.9 Å². The highest BCUT2D eigenvalue weighted by Gasteiger charge is 2.16. The Balaban J connectivity index is 0.000000378. The third-order valence-electron chi connectivity index (χ3n) is 14.1. The Kier molecular flexibility index (Phi) is 24.4. The highest BCUT2D eigenvalue weighted by molar-refractivity contribution is 5.87. The van der Waals surface area contributed by atoms with Crippen LogP contribution in [-0.2, 0) is 0 Å². The van der Waals surface area contributed by atoms with Crippen molar-refractivity contribution >= 4 is 56.0 Å². The predicted molar refractivity (Wildman–Crippen MR) is 377 cm³/mol. The summed E-state index contributed by atoms with van der Waals surface area (Å²) in [6, 6.07) is 99.7. The van der Waals surface area contributed by atoms with Gasteiger partial charge in [0, 0.05) is 34.1 Å². The molecule has 11 rings (SSSR count). The average molecular weight is 1110 g/mol. The minimum absolute atomic E-state index is 1.09. The number of nitrogens with zero attached hydrogens (tertiary/aromatic N) is 2. The van der Waals surface area contributed by atoms with E-state index in [9.17, 15) is 0 Å². The lowest BCUT2D eigenvalue weighted by atomic mass is 10.0. The van der Waals surface area contributed by atoms with Crippen molar-refractivity contribution in [3.05, 3.63) is 340 Å². The number of benzene rings is 11. The fourth-order valence-corrected chi connectivity index (χ4v) is 9.83. The van der Waals surface area contributed by atoms with Crippen LogP contribution < -0.4 is 9.80 Å². The van der Waals surface area contributed by atoms with Crippen LogP contribution in [0.3, 0.4) is 0 Å². The summed E-state index contributed by atoms with van der Waals surface area (Å²) in [5.41, 5.74) is 20.8. The Morgan fingerprint density at radius 1 is 0.365 bits per heavy atom. The maximum absolute atomic E-state index is 3.93. The minimum Gasteiger partial charge on any atom is -0.311 e. The Morgan fingerprint density at radius 2 is 0.659 bits per heavy atom. The molecule has 85 heavy (non-hydrogen) atoms. The van der Waals surface area contributed by atoms with Crippen LogP contribution in [0, 0.1) is 0 Å². The molecule has 2 nitrogen and oxygen atoms in total. The van der Waals surface area contributed by atoms with E-state index >= 15 is 0 Å². The summed E-state index contributed by atoms with van der Waals surface area (Å²) in [5, 5.41) is 2.57. The van der Waals surface area contributed by atoms with Crippen LogP contribution in [-0.4, -0.2) is 0 Å². The Labute approximate surface area is 509 Å². The van der Waals surface area contributed by atoms with Gasteiger partial charge in [0.25, 0.3) is 0 Å². The molecule has 0 aliphatic heterocycles. The largest absolute Gasteiger partial charge is 0.311 e. The zero-order valence-electron chi connectivity index (χ0n) is 51.0. The molecule has 0 heterocycles. The van der Waals surface area contributed by atoms with Crippen molar-refractivity contribution in [3.8, 4) is 44.5 Å². The van der Waals surface area contributed by atoms with Crippen molar-refractivity contribution in [2.75, 3.05) is 9.80 Å². The van der Waals surface area contributed by atoms with E-state index in [0.29, 0.717) is 0 Å². The summed E-state index contributed by atoms with van der Waals surface area (Å²) in [6.45, 7) is 23.7. The molecule has 11 aromatic carbocycles. The van der Waals surface area contributed by atoms with E-state index in [-0.39, 0.29) is 0 Å². The topological polar surface area (TPSA) is 6.48 Å². The lowest BCUT2D eigenvalue weighted by Crippen LogP contribution is -2.10. The van der Waals surface area contributed by atoms with Crippen LogP contribution in [0.2, 0.25) is 0 Å². The third-order valence-corrected chi connectivity index (χ3v) is 14.1. The summed E-state index contributed by atoms with van der Waals surface area (Å²) in [7, 11) is 0. The summed E-state index contributed by atoms with van der Waals surface area (Å²) in [4.78, 5) is 4.67. The van der Waals surface area contributed by atoms with Gasteiger partial charge in [0.1, 0.15) is 0 Å². The van der Waals surface area contributed by atoms with Gasteiger partial charge in [-0.1, -0.05) is 290 Å². The Bertz CT molecular complexity index is 3750. The van der Waals surface area contributed by atoms with Gasteiger partial charge in [0.15, 0.2) is 0 Å². The second-order valence-electron chi connectivity index (χ2n) is 19.7. The van der Waals surface area contributed by atoms with E-state index in [4.69, 9.17) is 0 Å².